The molecule has 0 aliphatic carbocycles. The second kappa shape index (κ2) is 10.6. The quantitative estimate of drug-likeness (QED) is 0.687. The van der Waals surface area contributed by atoms with Crippen LogP contribution in [0, 0.1) is 6.92 Å². The van der Waals surface area contributed by atoms with Crippen LogP contribution in [0.3, 0.4) is 0 Å². The van der Waals surface area contributed by atoms with Crippen LogP contribution in [0.15, 0.2) is 30.5 Å². The van der Waals surface area contributed by atoms with E-state index in [1.807, 2.05) is 0 Å². The van der Waals surface area contributed by atoms with Crippen LogP contribution in [0.1, 0.15) is 15.9 Å². The molecule has 2 aliphatic rings. The minimum Gasteiger partial charge on any atom is -0.480 e. The molecule has 0 bridgehead atoms. The smallest absolute Gasteiger partial charge is 0.258 e. The van der Waals surface area contributed by atoms with Gasteiger partial charge in [0, 0.05) is 64.2 Å². The molecule has 1 aromatic carbocycles. The summed E-state index contributed by atoms with van der Waals surface area (Å²) in [5.74, 6) is 0.683. The lowest BCUT2D eigenvalue weighted by atomic mass is 10.1. The number of carbonyl (C=O) groups excluding carboxylic acids is 1. The van der Waals surface area contributed by atoms with E-state index in [9.17, 15) is 4.79 Å². The first-order valence-electron chi connectivity index (χ1n) is 11.2. The molecule has 0 spiro atoms. The first-order valence-corrected chi connectivity index (χ1v) is 11.2. The number of rotatable bonds is 7. The van der Waals surface area contributed by atoms with Crippen molar-refractivity contribution in [1.29, 1.82) is 0 Å². The molecule has 2 aliphatic heterocycles. The molecule has 1 aromatic heterocycles. The van der Waals surface area contributed by atoms with Crippen molar-refractivity contribution >= 4 is 17.5 Å². The number of carbonyl (C=O) groups is 1. The fourth-order valence-electron chi connectivity index (χ4n) is 4.13. The predicted molar refractivity (Wildman–Crippen MR) is 124 cm³/mol. The summed E-state index contributed by atoms with van der Waals surface area (Å²) in [6.45, 7) is 10.2. The van der Waals surface area contributed by atoms with E-state index in [-0.39, 0.29) is 5.91 Å². The molecule has 1 N–H and O–H groups in total. The average Bonchev–Trinajstić information content (AvgIpc) is 2.84. The molecule has 0 radical (unpaired) electrons. The molecule has 2 aromatic rings. The maximum Gasteiger partial charge on any atom is 0.258 e. The van der Waals surface area contributed by atoms with E-state index >= 15 is 0 Å². The van der Waals surface area contributed by atoms with E-state index in [4.69, 9.17) is 9.47 Å². The highest BCUT2D eigenvalue weighted by atomic mass is 16.5. The number of anilines is 2. The van der Waals surface area contributed by atoms with Crippen LogP contribution in [0.25, 0.3) is 0 Å². The maximum atomic E-state index is 12.7. The van der Waals surface area contributed by atoms with E-state index in [0.717, 1.165) is 59.0 Å². The molecule has 4 rings (SSSR count). The number of hydrogen-bond acceptors (Lipinski definition) is 8. The van der Waals surface area contributed by atoms with Gasteiger partial charge in [0.25, 0.3) is 5.91 Å². The van der Waals surface area contributed by atoms with Crippen molar-refractivity contribution in [3.63, 3.8) is 0 Å². The van der Waals surface area contributed by atoms with E-state index in [2.05, 4.69) is 61.2 Å². The van der Waals surface area contributed by atoms with Gasteiger partial charge in [0.1, 0.15) is 5.56 Å². The Morgan fingerprint density at radius 3 is 2.53 bits per heavy atom. The third-order valence-corrected chi connectivity index (χ3v) is 6.01. The van der Waals surface area contributed by atoms with Crippen LogP contribution in [-0.2, 0) is 4.74 Å². The Kier molecular flexibility index (Phi) is 7.39. The highest BCUT2D eigenvalue weighted by Crippen LogP contribution is 2.23. The number of para-hydroxylation sites is 1. The second-order valence-corrected chi connectivity index (χ2v) is 8.06. The average molecular weight is 441 g/mol. The number of aryl methyl sites for hydroxylation is 1. The Morgan fingerprint density at radius 1 is 1.09 bits per heavy atom. The summed E-state index contributed by atoms with van der Waals surface area (Å²) in [5, 5.41) is 2.95. The van der Waals surface area contributed by atoms with Crippen molar-refractivity contribution in [2.24, 2.45) is 0 Å². The molecule has 1 amide bonds. The fraction of sp³-hybridized carbons (Fsp3) is 0.522. The fourth-order valence-corrected chi connectivity index (χ4v) is 4.13. The SMILES string of the molecule is COc1nc(N2CCN(c3ccccc3C)CC2)ncc1C(=O)NCCN1CCOCC1. The van der Waals surface area contributed by atoms with E-state index in [1.165, 1.54) is 18.4 Å². The van der Waals surface area contributed by atoms with Crippen molar-refractivity contribution < 1.29 is 14.3 Å². The van der Waals surface area contributed by atoms with Gasteiger partial charge in [0.15, 0.2) is 0 Å². The summed E-state index contributed by atoms with van der Waals surface area (Å²) in [4.78, 5) is 28.5. The lowest BCUT2D eigenvalue weighted by Gasteiger charge is -2.36. The van der Waals surface area contributed by atoms with Crippen LogP contribution < -0.4 is 19.9 Å². The lowest BCUT2D eigenvalue weighted by molar-refractivity contribution is 0.0383. The number of nitrogens with zero attached hydrogens (tertiary/aromatic N) is 5. The van der Waals surface area contributed by atoms with Crippen molar-refractivity contribution in [3.8, 4) is 5.88 Å². The molecule has 0 unspecified atom stereocenters. The van der Waals surface area contributed by atoms with Gasteiger partial charge in [-0.2, -0.15) is 4.98 Å². The summed E-state index contributed by atoms with van der Waals surface area (Å²) < 4.78 is 10.8. The highest BCUT2D eigenvalue weighted by Gasteiger charge is 2.23. The third-order valence-electron chi connectivity index (χ3n) is 6.01. The molecule has 9 heteroatoms. The van der Waals surface area contributed by atoms with Gasteiger partial charge in [-0.3, -0.25) is 9.69 Å². The minimum absolute atomic E-state index is 0.217. The number of methoxy groups -OCH3 is 1. The molecule has 2 saturated heterocycles. The lowest BCUT2D eigenvalue weighted by Crippen LogP contribution is -2.47. The zero-order valence-corrected chi connectivity index (χ0v) is 18.9. The van der Waals surface area contributed by atoms with Crippen molar-refractivity contribution in [2.45, 2.75) is 6.92 Å². The summed E-state index contributed by atoms with van der Waals surface area (Å²) in [6, 6.07) is 8.44. The van der Waals surface area contributed by atoms with Crippen LogP contribution in [0.2, 0.25) is 0 Å². The summed E-state index contributed by atoms with van der Waals surface area (Å²) in [6.07, 6.45) is 1.57. The molecular weight excluding hydrogens is 408 g/mol. The number of benzene rings is 1. The zero-order valence-electron chi connectivity index (χ0n) is 18.9. The largest absolute Gasteiger partial charge is 0.480 e. The molecule has 0 saturated carbocycles. The Balaban J connectivity index is 1.34. The topological polar surface area (TPSA) is 83.1 Å². The number of ether oxygens (including phenoxy) is 2. The molecule has 172 valence electrons. The van der Waals surface area contributed by atoms with Gasteiger partial charge in [-0.05, 0) is 18.6 Å². The minimum atomic E-state index is -0.217. The normalized spacial score (nSPS) is 17.3. The first kappa shape index (κ1) is 22.3. The van der Waals surface area contributed by atoms with Crippen molar-refractivity contribution in [3.05, 3.63) is 41.6 Å². The summed E-state index contributed by atoms with van der Waals surface area (Å²) in [7, 11) is 1.53. The number of nitrogens with one attached hydrogen (secondary N) is 1. The number of amides is 1. The van der Waals surface area contributed by atoms with Gasteiger partial charge in [-0.15, -0.1) is 0 Å². The van der Waals surface area contributed by atoms with E-state index < -0.39 is 0 Å². The number of hydrogen-bond donors (Lipinski definition) is 1. The van der Waals surface area contributed by atoms with Crippen LogP contribution >= 0.6 is 0 Å². The number of morpholine rings is 1. The van der Waals surface area contributed by atoms with Gasteiger partial charge in [-0.1, -0.05) is 18.2 Å². The van der Waals surface area contributed by atoms with Crippen LogP contribution in [0.4, 0.5) is 11.6 Å². The molecule has 2 fully saturated rings. The summed E-state index contributed by atoms with van der Waals surface area (Å²) >= 11 is 0. The number of piperazine rings is 1. The van der Waals surface area contributed by atoms with Gasteiger partial charge < -0.3 is 24.6 Å². The molecule has 3 heterocycles. The first-order chi connectivity index (χ1) is 15.7. The Bertz CT molecular complexity index is 910. The van der Waals surface area contributed by atoms with E-state index in [1.54, 1.807) is 6.20 Å². The maximum absolute atomic E-state index is 12.7. The van der Waals surface area contributed by atoms with Crippen LogP contribution in [0.5, 0.6) is 5.88 Å². The van der Waals surface area contributed by atoms with Gasteiger partial charge in [0.05, 0.1) is 20.3 Å². The summed E-state index contributed by atoms with van der Waals surface area (Å²) in [5.41, 5.74) is 2.91. The molecule has 32 heavy (non-hydrogen) atoms. The van der Waals surface area contributed by atoms with Crippen molar-refractivity contribution in [2.75, 3.05) is 82.5 Å². The second-order valence-electron chi connectivity index (χ2n) is 8.06. The monoisotopic (exact) mass is 440 g/mol. The van der Waals surface area contributed by atoms with Crippen molar-refractivity contribution in [1.82, 2.24) is 20.2 Å². The standard InChI is InChI=1S/C23H32N6O3/c1-18-5-3-4-6-20(18)28-9-11-29(12-10-28)23-25-17-19(22(26-23)31-2)21(30)24-7-8-27-13-15-32-16-14-27/h3-6,17H,7-16H2,1-2H3,(H,24,30). The number of aromatic nitrogens is 2. The Morgan fingerprint density at radius 2 is 1.81 bits per heavy atom. The van der Waals surface area contributed by atoms with E-state index in [0.29, 0.717) is 23.9 Å². The van der Waals surface area contributed by atoms with Crippen LogP contribution in [-0.4, -0.2) is 93.5 Å². The van der Waals surface area contributed by atoms with Gasteiger partial charge in [-0.25, -0.2) is 4.98 Å². The van der Waals surface area contributed by atoms with Gasteiger partial charge >= 0.3 is 0 Å². The van der Waals surface area contributed by atoms with Gasteiger partial charge in [0.2, 0.25) is 11.8 Å². The third kappa shape index (κ3) is 5.28. The predicted octanol–water partition coefficient (Wildman–Crippen LogP) is 1.18. The Hall–Kier alpha value is -2.91. The molecular formula is C23H32N6O3. The Labute approximate surface area is 189 Å². The highest BCUT2D eigenvalue weighted by molar-refractivity contribution is 5.96. The molecule has 0 atom stereocenters. The zero-order chi connectivity index (χ0) is 22.3. The molecule has 9 nitrogen and oxygen atoms in total.